The number of benzene rings is 1. The standard InChI is InChI=1S/C16H22O4/c1-15(2)12-7-6-11(18-3)10-13(12)16(19-4,20-5)14(15)8-9-17/h6-7,9-10,14H,8H2,1-5H3. The number of aldehydes is 1. The molecule has 0 aromatic heterocycles. The highest BCUT2D eigenvalue weighted by Gasteiger charge is 2.57. The molecule has 0 spiro atoms. The third-order valence-electron chi connectivity index (χ3n) is 4.56. The molecule has 1 aliphatic carbocycles. The maximum atomic E-state index is 11.1. The molecule has 1 atom stereocenters. The summed E-state index contributed by atoms with van der Waals surface area (Å²) in [5, 5.41) is 0. The van der Waals surface area contributed by atoms with Crippen LogP contribution in [0.15, 0.2) is 18.2 Å². The van der Waals surface area contributed by atoms with Crippen molar-refractivity contribution in [1.82, 2.24) is 0 Å². The first-order chi connectivity index (χ1) is 9.47. The summed E-state index contributed by atoms with van der Waals surface area (Å²) in [6.45, 7) is 4.23. The van der Waals surface area contributed by atoms with Crippen LogP contribution in [0.25, 0.3) is 0 Å². The summed E-state index contributed by atoms with van der Waals surface area (Å²) >= 11 is 0. The zero-order valence-electron chi connectivity index (χ0n) is 12.7. The van der Waals surface area contributed by atoms with E-state index >= 15 is 0 Å². The van der Waals surface area contributed by atoms with Gasteiger partial charge >= 0.3 is 0 Å². The Labute approximate surface area is 120 Å². The summed E-state index contributed by atoms with van der Waals surface area (Å²) in [5.74, 6) is -0.233. The Hall–Kier alpha value is -1.39. The predicted molar refractivity (Wildman–Crippen MR) is 75.9 cm³/mol. The SMILES string of the molecule is COc1ccc2c(c1)C(OC)(OC)C(CC=O)C2(C)C. The Balaban J connectivity index is 2.69. The molecule has 0 amide bonds. The largest absolute Gasteiger partial charge is 0.497 e. The van der Waals surface area contributed by atoms with Crippen molar-refractivity contribution in [3.63, 3.8) is 0 Å². The number of fused-ring (bicyclic) bond motifs is 1. The Morgan fingerprint density at radius 2 is 1.80 bits per heavy atom. The van der Waals surface area contributed by atoms with E-state index in [1.807, 2.05) is 18.2 Å². The highest BCUT2D eigenvalue weighted by Crippen LogP contribution is 2.56. The van der Waals surface area contributed by atoms with Crippen LogP contribution in [0.1, 0.15) is 31.4 Å². The normalized spacial score (nSPS) is 22.4. The fourth-order valence-corrected chi connectivity index (χ4v) is 3.48. The van der Waals surface area contributed by atoms with Crippen molar-refractivity contribution in [2.45, 2.75) is 31.5 Å². The average molecular weight is 278 g/mol. The number of hydrogen-bond donors (Lipinski definition) is 0. The van der Waals surface area contributed by atoms with Crippen molar-refractivity contribution in [1.29, 1.82) is 0 Å². The van der Waals surface area contributed by atoms with E-state index < -0.39 is 5.79 Å². The van der Waals surface area contributed by atoms with E-state index in [2.05, 4.69) is 13.8 Å². The molecule has 1 unspecified atom stereocenters. The van der Waals surface area contributed by atoms with Crippen LogP contribution in [0.4, 0.5) is 0 Å². The van der Waals surface area contributed by atoms with Crippen LogP contribution in [0.2, 0.25) is 0 Å². The number of hydrogen-bond acceptors (Lipinski definition) is 4. The number of carbonyl (C=O) groups is 1. The highest BCUT2D eigenvalue weighted by molar-refractivity contribution is 5.55. The third-order valence-corrected chi connectivity index (χ3v) is 4.56. The summed E-state index contributed by atoms with van der Waals surface area (Å²) in [7, 11) is 4.87. The summed E-state index contributed by atoms with van der Waals surface area (Å²) in [6.07, 6.45) is 1.31. The fraction of sp³-hybridized carbons (Fsp3) is 0.562. The van der Waals surface area contributed by atoms with Crippen molar-refractivity contribution < 1.29 is 19.0 Å². The molecule has 1 aromatic carbocycles. The fourth-order valence-electron chi connectivity index (χ4n) is 3.48. The topological polar surface area (TPSA) is 44.8 Å². The monoisotopic (exact) mass is 278 g/mol. The van der Waals surface area contributed by atoms with E-state index in [4.69, 9.17) is 14.2 Å². The van der Waals surface area contributed by atoms with Gasteiger partial charge in [0, 0.05) is 32.1 Å². The van der Waals surface area contributed by atoms with E-state index in [9.17, 15) is 4.79 Å². The van der Waals surface area contributed by atoms with Crippen LogP contribution in [-0.2, 0) is 25.5 Å². The Morgan fingerprint density at radius 1 is 1.15 bits per heavy atom. The lowest BCUT2D eigenvalue weighted by Crippen LogP contribution is -2.41. The van der Waals surface area contributed by atoms with Gasteiger partial charge in [0.2, 0.25) is 0 Å². The molecule has 0 heterocycles. The molecule has 4 heteroatoms. The smallest absolute Gasteiger partial charge is 0.198 e. The van der Waals surface area contributed by atoms with E-state index in [-0.39, 0.29) is 11.3 Å². The van der Waals surface area contributed by atoms with Gasteiger partial charge < -0.3 is 19.0 Å². The van der Waals surface area contributed by atoms with Gasteiger partial charge in [-0.3, -0.25) is 0 Å². The van der Waals surface area contributed by atoms with Crippen LogP contribution in [0.5, 0.6) is 5.75 Å². The number of carbonyl (C=O) groups excluding carboxylic acids is 1. The van der Waals surface area contributed by atoms with Crippen LogP contribution in [0.3, 0.4) is 0 Å². The van der Waals surface area contributed by atoms with Crippen LogP contribution in [0, 0.1) is 5.92 Å². The second-order valence-electron chi connectivity index (χ2n) is 5.66. The molecule has 0 fully saturated rings. The van der Waals surface area contributed by atoms with Crippen molar-refractivity contribution in [3.8, 4) is 5.75 Å². The van der Waals surface area contributed by atoms with Crippen molar-refractivity contribution in [2.24, 2.45) is 5.92 Å². The summed E-state index contributed by atoms with van der Waals surface area (Å²) in [6, 6.07) is 5.90. The van der Waals surface area contributed by atoms with Gasteiger partial charge in [-0.25, -0.2) is 0 Å². The van der Waals surface area contributed by atoms with Gasteiger partial charge in [0.15, 0.2) is 5.79 Å². The Morgan fingerprint density at radius 3 is 2.30 bits per heavy atom. The molecule has 110 valence electrons. The van der Waals surface area contributed by atoms with E-state index in [0.717, 1.165) is 23.2 Å². The first-order valence-electron chi connectivity index (χ1n) is 6.70. The molecule has 4 nitrogen and oxygen atoms in total. The second-order valence-corrected chi connectivity index (χ2v) is 5.66. The molecule has 0 N–H and O–H groups in total. The number of methoxy groups -OCH3 is 3. The zero-order chi connectivity index (χ0) is 15.0. The second kappa shape index (κ2) is 5.19. The first-order valence-corrected chi connectivity index (χ1v) is 6.70. The van der Waals surface area contributed by atoms with E-state index in [1.165, 1.54) is 0 Å². The lowest BCUT2D eigenvalue weighted by Gasteiger charge is -2.37. The minimum Gasteiger partial charge on any atom is -0.497 e. The summed E-state index contributed by atoms with van der Waals surface area (Å²) in [5.41, 5.74) is 1.86. The van der Waals surface area contributed by atoms with E-state index in [0.29, 0.717) is 6.42 Å². The molecule has 0 bridgehead atoms. The van der Waals surface area contributed by atoms with Gasteiger partial charge in [0.1, 0.15) is 12.0 Å². The molecule has 1 aromatic rings. The molecule has 1 aliphatic rings. The van der Waals surface area contributed by atoms with Gasteiger partial charge in [0.05, 0.1) is 7.11 Å². The van der Waals surface area contributed by atoms with E-state index in [1.54, 1.807) is 21.3 Å². The molecule has 2 rings (SSSR count). The molecule has 0 radical (unpaired) electrons. The predicted octanol–water partition coefficient (Wildman–Crippen LogP) is 2.64. The van der Waals surface area contributed by atoms with Gasteiger partial charge in [-0.05, 0) is 23.1 Å². The molecule has 0 aliphatic heterocycles. The quantitative estimate of drug-likeness (QED) is 0.613. The number of ether oxygens (including phenoxy) is 3. The van der Waals surface area contributed by atoms with Crippen molar-refractivity contribution in [3.05, 3.63) is 29.3 Å². The zero-order valence-corrected chi connectivity index (χ0v) is 12.7. The molecule has 0 saturated heterocycles. The van der Waals surface area contributed by atoms with Gasteiger partial charge in [-0.1, -0.05) is 19.9 Å². The lowest BCUT2D eigenvalue weighted by atomic mass is 9.75. The van der Waals surface area contributed by atoms with Gasteiger partial charge in [-0.15, -0.1) is 0 Å². The van der Waals surface area contributed by atoms with Gasteiger partial charge in [-0.2, -0.15) is 0 Å². The molecular formula is C16H22O4. The molecule has 0 saturated carbocycles. The highest BCUT2D eigenvalue weighted by atomic mass is 16.7. The average Bonchev–Trinajstić information content (AvgIpc) is 2.65. The van der Waals surface area contributed by atoms with Crippen LogP contribution < -0.4 is 4.74 Å². The summed E-state index contributed by atoms with van der Waals surface area (Å²) in [4.78, 5) is 11.1. The number of rotatable bonds is 5. The third kappa shape index (κ3) is 1.86. The van der Waals surface area contributed by atoms with Crippen molar-refractivity contribution >= 4 is 6.29 Å². The van der Waals surface area contributed by atoms with Crippen molar-refractivity contribution in [2.75, 3.05) is 21.3 Å². The maximum absolute atomic E-state index is 11.1. The Kier molecular flexibility index (Phi) is 3.89. The van der Waals surface area contributed by atoms with Gasteiger partial charge in [0.25, 0.3) is 0 Å². The first kappa shape index (κ1) is 15.0. The minimum absolute atomic E-state index is 0.0791. The Bertz CT molecular complexity index is 503. The minimum atomic E-state index is -0.908. The lowest BCUT2D eigenvalue weighted by molar-refractivity contribution is -0.251. The molecule has 20 heavy (non-hydrogen) atoms. The van der Waals surface area contributed by atoms with Crippen LogP contribution in [-0.4, -0.2) is 27.6 Å². The van der Waals surface area contributed by atoms with Crippen LogP contribution >= 0.6 is 0 Å². The maximum Gasteiger partial charge on any atom is 0.198 e. The molecular weight excluding hydrogens is 256 g/mol. The summed E-state index contributed by atoms with van der Waals surface area (Å²) < 4.78 is 16.8.